The van der Waals surface area contributed by atoms with E-state index in [0.29, 0.717) is 0 Å². The smallest absolute Gasteiger partial charge is 0.0134 e. The number of nitrogens with one attached hydrogen (secondary N) is 1. The van der Waals surface area contributed by atoms with Crippen LogP contribution < -0.4 is 5.32 Å². The highest BCUT2D eigenvalue weighted by Gasteiger charge is 2.16. The zero-order chi connectivity index (χ0) is 10.3. The summed E-state index contributed by atoms with van der Waals surface area (Å²) < 4.78 is 0. The second-order valence-electron chi connectivity index (χ2n) is 4.38. The molecule has 1 N–H and O–H groups in total. The van der Waals surface area contributed by atoms with Crippen LogP contribution in [0.4, 0.5) is 0 Å². The standard InChI is InChI=1S/C12H25N/c1-6-7-8-13-9-12(10(2)3)11(4)5/h6-7,10-13H,8-9H2,1-5H3/b7-6+. The Kier molecular flexibility index (Phi) is 6.97. The first-order valence-corrected chi connectivity index (χ1v) is 5.41. The van der Waals surface area contributed by atoms with Crippen LogP contribution in [0.15, 0.2) is 12.2 Å². The first-order chi connectivity index (χ1) is 6.09. The van der Waals surface area contributed by atoms with Gasteiger partial charge in [0.1, 0.15) is 0 Å². The van der Waals surface area contributed by atoms with Crippen molar-refractivity contribution in [1.82, 2.24) is 5.32 Å². The highest BCUT2D eigenvalue weighted by molar-refractivity contribution is 4.80. The van der Waals surface area contributed by atoms with E-state index in [4.69, 9.17) is 0 Å². The largest absolute Gasteiger partial charge is 0.313 e. The molecule has 0 aliphatic heterocycles. The van der Waals surface area contributed by atoms with E-state index in [1.807, 2.05) is 0 Å². The zero-order valence-electron chi connectivity index (χ0n) is 9.80. The van der Waals surface area contributed by atoms with Crippen molar-refractivity contribution >= 4 is 0 Å². The van der Waals surface area contributed by atoms with Crippen molar-refractivity contribution in [2.45, 2.75) is 34.6 Å². The van der Waals surface area contributed by atoms with E-state index in [9.17, 15) is 0 Å². The maximum Gasteiger partial charge on any atom is 0.0134 e. The van der Waals surface area contributed by atoms with E-state index in [2.05, 4.69) is 52.1 Å². The summed E-state index contributed by atoms with van der Waals surface area (Å²) in [5.41, 5.74) is 0. The summed E-state index contributed by atoms with van der Waals surface area (Å²) in [5, 5.41) is 3.46. The highest BCUT2D eigenvalue weighted by atomic mass is 14.8. The van der Waals surface area contributed by atoms with Crippen LogP contribution in [0, 0.1) is 17.8 Å². The molecule has 0 fully saturated rings. The maximum absolute atomic E-state index is 3.46. The van der Waals surface area contributed by atoms with E-state index in [0.717, 1.165) is 30.8 Å². The molecule has 0 unspecified atom stereocenters. The minimum Gasteiger partial charge on any atom is -0.313 e. The summed E-state index contributed by atoms with van der Waals surface area (Å²) in [6.45, 7) is 13.4. The molecule has 0 aromatic carbocycles. The fraction of sp³-hybridized carbons (Fsp3) is 0.833. The summed E-state index contributed by atoms with van der Waals surface area (Å²) in [6, 6.07) is 0. The molecule has 0 aliphatic rings. The number of allylic oxidation sites excluding steroid dienone is 1. The van der Waals surface area contributed by atoms with Gasteiger partial charge in [0.25, 0.3) is 0 Å². The lowest BCUT2D eigenvalue weighted by Gasteiger charge is -2.24. The first-order valence-electron chi connectivity index (χ1n) is 5.41. The summed E-state index contributed by atoms with van der Waals surface area (Å²) in [6.07, 6.45) is 4.25. The van der Waals surface area contributed by atoms with Gasteiger partial charge in [-0.3, -0.25) is 0 Å². The number of hydrogen-bond acceptors (Lipinski definition) is 1. The lowest BCUT2D eigenvalue weighted by Crippen LogP contribution is -2.29. The Hall–Kier alpha value is -0.300. The van der Waals surface area contributed by atoms with Crippen molar-refractivity contribution in [3.63, 3.8) is 0 Å². The summed E-state index contributed by atoms with van der Waals surface area (Å²) >= 11 is 0. The first kappa shape index (κ1) is 12.7. The van der Waals surface area contributed by atoms with Crippen molar-refractivity contribution in [2.75, 3.05) is 13.1 Å². The molecular weight excluding hydrogens is 158 g/mol. The third-order valence-corrected chi connectivity index (χ3v) is 2.59. The third kappa shape index (κ3) is 5.87. The molecule has 0 saturated carbocycles. The Labute approximate surface area is 83.6 Å². The quantitative estimate of drug-likeness (QED) is 0.493. The van der Waals surface area contributed by atoms with Gasteiger partial charge in [-0.2, -0.15) is 0 Å². The van der Waals surface area contributed by atoms with Gasteiger partial charge < -0.3 is 5.32 Å². The van der Waals surface area contributed by atoms with Crippen LogP contribution in [0.25, 0.3) is 0 Å². The molecule has 0 radical (unpaired) electrons. The van der Waals surface area contributed by atoms with Gasteiger partial charge in [-0.25, -0.2) is 0 Å². The maximum atomic E-state index is 3.46. The van der Waals surface area contributed by atoms with Gasteiger partial charge in [-0.1, -0.05) is 39.8 Å². The average molecular weight is 183 g/mol. The van der Waals surface area contributed by atoms with Gasteiger partial charge >= 0.3 is 0 Å². The molecule has 0 spiro atoms. The Bertz CT molecular complexity index is 128. The predicted molar refractivity (Wildman–Crippen MR) is 60.8 cm³/mol. The van der Waals surface area contributed by atoms with Crippen molar-refractivity contribution in [2.24, 2.45) is 17.8 Å². The van der Waals surface area contributed by atoms with Gasteiger partial charge in [0.15, 0.2) is 0 Å². The second kappa shape index (κ2) is 7.14. The van der Waals surface area contributed by atoms with Crippen molar-refractivity contribution < 1.29 is 0 Å². The van der Waals surface area contributed by atoms with Crippen molar-refractivity contribution in [3.8, 4) is 0 Å². The Morgan fingerprint density at radius 2 is 1.62 bits per heavy atom. The fourth-order valence-corrected chi connectivity index (χ4v) is 1.69. The Morgan fingerprint density at radius 3 is 2.00 bits per heavy atom. The van der Waals surface area contributed by atoms with Crippen LogP contribution >= 0.6 is 0 Å². The van der Waals surface area contributed by atoms with E-state index in [1.54, 1.807) is 0 Å². The third-order valence-electron chi connectivity index (χ3n) is 2.59. The average Bonchev–Trinajstić information content (AvgIpc) is 2.02. The zero-order valence-corrected chi connectivity index (χ0v) is 9.80. The van der Waals surface area contributed by atoms with E-state index < -0.39 is 0 Å². The lowest BCUT2D eigenvalue weighted by atomic mass is 9.85. The molecule has 0 amide bonds. The van der Waals surface area contributed by atoms with Crippen LogP contribution in [0.3, 0.4) is 0 Å². The molecule has 0 aromatic rings. The fourth-order valence-electron chi connectivity index (χ4n) is 1.69. The van der Waals surface area contributed by atoms with Gasteiger partial charge in [0, 0.05) is 6.54 Å². The minimum absolute atomic E-state index is 0.776. The van der Waals surface area contributed by atoms with E-state index in [1.165, 1.54) is 0 Å². The van der Waals surface area contributed by atoms with Crippen LogP contribution in [0.2, 0.25) is 0 Å². The van der Waals surface area contributed by atoms with E-state index >= 15 is 0 Å². The van der Waals surface area contributed by atoms with Crippen LogP contribution in [0.5, 0.6) is 0 Å². The van der Waals surface area contributed by atoms with E-state index in [-0.39, 0.29) is 0 Å². The number of hydrogen-bond donors (Lipinski definition) is 1. The molecule has 78 valence electrons. The normalized spacial score (nSPS) is 12.6. The Balaban J connectivity index is 3.70. The van der Waals surface area contributed by atoms with Crippen LogP contribution in [-0.2, 0) is 0 Å². The topological polar surface area (TPSA) is 12.0 Å². The number of rotatable bonds is 6. The second-order valence-corrected chi connectivity index (χ2v) is 4.38. The van der Waals surface area contributed by atoms with Gasteiger partial charge in [0.2, 0.25) is 0 Å². The SMILES string of the molecule is C/C=C/CNCC(C(C)C)C(C)C. The summed E-state index contributed by atoms with van der Waals surface area (Å²) in [7, 11) is 0. The van der Waals surface area contributed by atoms with Gasteiger partial charge in [0.05, 0.1) is 0 Å². The van der Waals surface area contributed by atoms with Crippen LogP contribution in [-0.4, -0.2) is 13.1 Å². The van der Waals surface area contributed by atoms with Crippen LogP contribution in [0.1, 0.15) is 34.6 Å². The molecule has 0 heterocycles. The molecule has 0 rings (SSSR count). The Morgan fingerprint density at radius 1 is 1.08 bits per heavy atom. The van der Waals surface area contributed by atoms with Crippen molar-refractivity contribution in [1.29, 1.82) is 0 Å². The highest BCUT2D eigenvalue weighted by Crippen LogP contribution is 2.19. The minimum atomic E-state index is 0.776. The lowest BCUT2D eigenvalue weighted by molar-refractivity contribution is 0.279. The molecule has 1 nitrogen and oxygen atoms in total. The summed E-state index contributed by atoms with van der Waals surface area (Å²) in [4.78, 5) is 0. The molecule has 1 heteroatoms. The molecule has 0 bridgehead atoms. The summed E-state index contributed by atoms with van der Waals surface area (Å²) in [5.74, 6) is 2.35. The monoisotopic (exact) mass is 183 g/mol. The predicted octanol–water partition coefficient (Wildman–Crippen LogP) is 3.08. The van der Waals surface area contributed by atoms with Gasteiger partial charge in [-0.15, -0.1) is 0 Å². The molecule has 13 heavy (non-hydrogen) atoms. The molecule has 0 aromatic heterocycles. The van der Waals surface area contributed by atoms with Gasteiger partial charge in [-0.05, 0) is 31.2 Å². The molecular formula is C12H25N. The molecule has 0 atom stereocenters. The molecule has 0 aliphatic carbocycles. The van der Waals surface area contributed by atoms with Crippen molar-refractivity contribution in [3.05, 3.63) is 12.2 Å². The molecule has 0 saturated heterocycles.